The van der Waals surface area contributed by atoms with E-state index in [9.17, 15) is 0 Å². The van der Waals surface area contributed by atoms with Crippen molar-refractivity contribution < 1.29 is 0 Å². The van der Waals surface area contributed by atoms with Gasteiger partial charge in [0.25, 0.3) is 0 Å². The molecule has 0 amide bonds. The van der Waals surface area contributed by atoms with Crippen molar-refractivity contribution in [3.8, 4) is 0 Å². The van der Waals surface area contributed by atoms with Crippen LogP contribution in [0.4, 0.5) is 0 Å². The average Bonchev–Trinajstić information content (AvgIpc) is 1.87. The van der Waals surface area contributed by atoms with Gasteiger partial charge in [-0.1, -0.05) is 0 Å². The summed E-state index contributed by atoms with van der Waals surface area (Å²) in [7, 11) is 0. The second-order valence-corrected chi connectivity index (χ2v) is 10.1. The summed E-state index contributed by atoms with van der Waals surface area (Å²) in [6.07, 6.45) is 2.20. The fourth-order valence-corrected chi connectivity index (χ4v) is 12.1. The molecule has 0 saturated carbocycles. The first-order valence-electron chi connectivity index (χ1n) is 2.95. The van der Waals surface area contributed by atoms with Crippen LogP contribution in [-0.4, -0.2) is 24.4 Å². The van der Waals surface area contributed by atoms with E-state index in [2.05, 4.69) is 53.3 Å². The Hall–Kier alpha value is 1.75. The highest BCUT2D eigenvalue weighted by molar-refractivity contribution is 8.57. The van der Waals surface area contributed by atoms with Crippen molar-refractivity contribution in [2.75, 3.05) is 17.1 Å². The molecule has 0 aromatic heterocycles. The second kappa shape index (κ2) is 3.24. The summed E-state index contributed by atoms with van der Waals surface area (Å²) in [6.45, 7) is 0. The van der Waals surface area contributed by atoms with E-state index in [1.54, 1.807) is 0 Å². The minimum Gasteiger partial charge on any atom is -0.162 e. The maximum atomic E-state index is 2.20. The van der Waals surface area contributed by atoms with Gasteiger partial charge in [0.2, 0.25) is 0 Å². The van der Waals surface area contributed by atoms with E-state index in [1.807, 2.05) is 11.8 Å². The number of hydrogen-bond acceptors (Lipinski definition) is 5. The molecule has 0 radical (unpaired) electrons. The maximum Gasteiger partial charge on any atom is 0.120 e. The van der Waals surface area contributed by atoms with Gasteiger partial charge in [-0.15, -0.1) is 47.0 Å². The lowest BCUT2D eigenvalue weighted by atomic mass is 10.9. The molecule has 10 heavy (non-hydrogen) atoms. The quantitative estimate of drug-likeness (QED) is 0.709. The molecule has 0 aromatic rings. The zero-order valence-electron chi connectivity index (χ0n) is 5.53. The molecule has 3 aliphatic heterocycles. The Morgan fingerprint density at radius 3 is 2.90 bits per heavy atom. The van der Waals surface area contributed by atoms with E-state index in [0.29, 0.717) is 3.41 Å². The molecule has 5 heteroatoms. The topological polar surface area (TPSA) is 0 Å². The molecule has 0 N–H and O–H groups in total. The lowest BCUT2D eigenvalue weighted by Gasteiger charge is -2.49. The summed E-state index contributed by atoms with van der Waals surface area (Å²) in [5.41, 5.74) is 0. The number of rotatable bonds is 2. The predicted molar refractivity (Wildman–Crippen MR) is 60.1 cm³/mol. The zero-order chi connectivity index (χ0) is 7.03. The Kier molecular flexibility index (Phi) is 2.71. The van der Waals surface area contributed by atoms with Crippen molar-refractivity contribution in [3.63, 3.8) is 0 Å². The second-order valence-electron chi connectivity index (χ2n) is 2.07. The first-order valence-corrected chi connectivity index (χ1v) is 8.13. The summed E-state index contributed by atoms with van der Waals surface area (Å²) in [5, 5.41) is 1.31. The van der Waals surface area contributed by atoms with E-state index in [-0.39, 0.29) is 0 Å². The van der Waals surface area contributed by atoms with Crippen molar-refractivity contribution in [1.29, 1.82) is 0 Å². The number of thioether (sulfide) groups is 5. The first-order chi connectivity index (χ1) is 4.85. The Bertz CT molecular complexity index is 118. The maximum absolute atomic E-state index is 2.20. The highest BCUT2D eigenvalue weighted by atomic mass is 32.3. The fourth-order valence-electron chi connectivity index (χ4n) is 0.904. The molecule has 0 nitrogen and oxygen atoms in total. The zero-order valence-corrected chi connectivity index (χ0v) is 9.62. The minimum atomic E-state index is 0.565. The van der Waals surface area contributed by atoms with Gasteiger partial charge in [0, 0.05) is 10.8 Å². The number of hydrogen-bond donors (Lipinski definition) is 0. The summed E-state index contributed by atoms with van der Waals surface area (Å²) >= 11 is 10.5. The third kappa shape index (κ3) is 1.44. The van der Waals surface area contributed by atoms with Crippen LogP contribution < -0.4 is 0 Å². The van der Waals surface area contributed by atoms with Crippen molar-refractivity contribution in [3.05, 3.63) is 0 Å². The Morgan fingerprint density at radius 1 is 1.60 bits per heavy atom. The monoisotopic (exact) mass is 228 g/mol. The van der Waals surface area contributed by atoms with E-state index in [1.165, 1.54) is 10.8 Å². The Morgan fingerprint density at radius 2 is 2.40 bits per heavy atom. The molecule has 58 valence electrons. The Balaban J connectivity index is 1.92. The van der Waals surface area contributed by atoms with Crippen LogP contribution in [0.5, 0.6) is 0 Å². The van der Waals surface area contributed by atoms with Crippen LogP contribution in [0.1, 0.15) is 0 Å². The molecule has 3 aliphatic rings. The van der Waals surface area contributed by atoms with Gasteiger partial charge in [-0.3, -0.25) is 0 Å². The largest absolute Gasteiger partial charge is 0.162 e. The number of fused-ring (bicyclic) bond motifs is 2. The van der Waals surface area contributed by atoms with Gasteiger partial charge >= 0.3 is 0 Å². The smallest absolute Gasteiger partial charge is 0.120 e. The van der Waals surface area contributed by atoms with Crippen LogP contribution in [0.25, 0.3) is 0 Å². The molecule has 0 spiro atoms. The van der Waals surface area contributed by atoms with E-state index >= 15 is 0 Å². The SMILES string of the molecule is CSCC12SCSC(S1)S2. The molecule has 0 aliphatic carbocycles. The predicted octanol–water partition coefficient (Wildman–Crippen LogP) is 3.20. The standard InChI is InChI=1S/C5H8S5/c1-6-2-5-8-3-7-4(9-5)10-5/h4H,2-3H2,1H3. The van der Waals surface area contributed by atoms with E-state index in [4.69, 9.17) is 0 Å². The van der Waals surface area contributed by atoms with Gasteiger partial charge < -0.3 is 0 Å². The van der Waals surface area contributed by atoms with Crippen LogP contribution in [0.15, 0.2) is 0 Å². The van der Waals surface area contributed by atoms with E-state index < -0.39 is 0 Å². The molecular weight excluding hydrogens is 220 g/mol. The molecule has 3 heterocycles. The Labute approximate surface area is 82.8 Å². The van der Waals surface area contributed by atoms with Crippen LogP contribution >= 0.6 is 58.8 Å². The van der Waals surface area contributed by atoms with Crippen molar-refractivity contribution in [1.82, 2.24) is 0 Å². The molecule has 0 unspecified atom stereocenters. The summed E-state index contributed by atoms with van der Waals surface area (Å²) in [4.78, 5) is 0. The summed E-state index contributed by atoms with van der Waals surface area (Å²) in [6, 6.07) is 0. The first kappa shape index (κ1) is 8.35. The van der Waals surface area contributed by atoms with Crippen LogP contribution in [-0.2, 0) is 0 Å². The van der Waals surface area contributed by atoms with Gasteiger partial charge in [-0.2, -0.15) is 11.8 Å². The minimum absolute atomic E-state index is 0.565. The van der Waals surface area contributed by atoms with Crippen LogP contribution in [0, 0.1) is 0 Å². The van der Waals surface area contributed by atoms with Gasteiger partial charge in [0.15, 0.2) is 0 Å². The van der Waals surface area contributed by atoms with Crippen LogP contribution in [0.3, 0.4) is 0 Å². The average molecular weight is 228 g/mol. The molecule has 3 fully saturated rings. The molecule has 2 bridgehead atoms. The van der Waals surface area contributed by atoms with Gasteiger partial charge in [-0.25, -0.2) is 0 Å². The molecular formula is C5H8S5. The lowest BCUT2D eigenvalue weighted by molar-refractivity contribution is 1.31. The molecule has 3 rings (SSSR count). The van der Waals surface area contributed by atoms with Crippen molar-refractivity contribution >= 4 is 58.8 Å². The molecule has 0 aromatic carbocycles. The van der Waals surface area contributed by atoms with Crippen LogP contribution in [0.2, 0.25) is 0 Å². The normalized spacial score (nSPS) is 44.7. The van der Waals surface area contributed by atoms with E-state index in [0.717, 1.165) is 3.91 Å². The summed E-state index contributed by atoms with van der Waals surface area (Å²) in [5.74, 6) is 1.31. The van der Waals surface area contributed by atoms with Crippen molar-refractivity contribution in [2.24, 2.45) is 0 Å². The third-order valence-corrected chi connectivity index (χ3v) is 9.72. The highest BCUT2D eigenvalue weighted by Gasteiger charge is 2.50. The highest BCUT2D eigenvalue weighted by Crippen LogP contribution is 2.71. The van der Waals surface area contributed by atoms with Crippen molar-refractivity contribution in [2.45, 2.75) is 7.33 Å². The van der Waals surface area contributed by atoms with Gasteiger partial charge in [0.1, 0.15) is 7.33 Å². The summed E-state index contributed by atoms with van der Waals surface area (Å²) < 4.78 is 1.43. The van der Waals surface area contributed by atoms with Gasteiger partial charge in [0.05, 0.1) is 0 Å². The fraction of sp³-hybridized carbons (Fsp3) is 1.00. The van der Waals surface area contributed by atoms with Gasteiger partial charge in [-0.05, 0) is 6.26 Å². The molecule has 3 saturated heterocycles. The third-order valence-electron chi connectivity index (χ3n) is 1.36. The molecule has 0 atom stereocenters. The lowest BCUT2D eigenvalue weighted by Crippen LogP contribution is -2.35.